The van der Waals surface area contributed by atoms with E-state index in [4.69, 9.17) is 30.2 Å². The number of halogens is 11. The third kappa shape index (κ3) is 12.6. The molecule has 0 saturated heterocycles. The number of hydrogen-bond acceptors (Lipinski definition) is 7. The second-order valence-corrected chi connectivity index (χ2v) is 21.5. The quantitative estimate of drug-likeness (QED) is 0.0901. The van der Waals surface area contributed by atoms with Crippen LogP contribution in [0.4, 0.5) is 71.0 Å². The maximum Gasteiger partial charge on any atom is 0.462 e. The summed E-state index contributed by atoms with van der Waals surface area (Å²) in [6, 6.07) is 43.6. The molecule has 0 heterocycles. The number of aryl methyl sites for hydroxylation is 12. The molecule has 1 atom stereocenters. The van der Waals surface area contributed by atoms with Crippen LogP contribution in [0.15, 0.2) is 141 Å². The van der Waals surface area contributed by atoms with Crippen molar-refractivity contribution in [3.63, 3.8) is 0 Å². The van der Waals surface area contributed by atoms with E-state index < -0.39 is 36.5 Å². The summed E-state index contributed by atoms with van der Waals surface area (Å²) < 4.78 is 134. The van der Waals surface area contributed by atoms with Gasteiger partial charge in [0.15, 0.2) is 0 Å². The zero-order chi connectivity index (χ0) is 61.9. The normalized spacial score (nSPS) is 15.8. The van der Waals surface area contributed by atoms with Crippen molar-refractivity contribution in [2.24, 2.45) is 20.0 Å². The van der Waals surface area contributed by atoms with Crippen LogP contribution in [0.3, 0.4) is 0 Å². The zero-order valence-electron chi connectivity index (χ0n) is 48.2. The molecule has 0 aliphatic heterocycles. The number of benzene rings is 8. The van der Waals surface area contributed by atoms with E-state index >= 15 is 0 Å². The average molecular weight is 1220 g/mol. The summed E-state index contributed by atoms with van der Waals surface area (Å²) in [5.74, 6) is -13.5. The molecule has 448 valence electrons. The smallest absolute Gasteiger partial charge is 0.363 e. The first kappa shape index (κ1) is 65.1. The van der Waals surface area contributed by atoms with Gasteiger partial charge < -0.3 is 10.2 Å². The van der Waals surface area contributed by atoms with E-state index in [-0.39, 0.29) is 16.5 Å². The summed E-state index contributed by atoms with van der Waals surface area (Å²) in [5, 5.41) is 20.8. The minimum absolute atomic E-state index is 0. The van der Waals surface area contributed by atoms with Gasteiger partial charge >= 0.3 is 30.2 Å². The molecular weight excluding hydrogens is 1160 g/mol. The van der Waals surface area contributed by atoms with Crippen molar-refractivity contribution in [3.05, 3.63) is 210 Å². The second-order valence-electron chi connectivity index (χ2n) is 21.5. The van der Waals surface area contributed by atoms with Crippen LogP contribution in [0.5, 0.6) is 0 Å². The van der Waals surface area contributed by atoms with Gasteiger partial charge in [-0.3, -0.25) is 4.74 Å². The summed E-state index contributed by atoms with van der Waals surface area (Å²) in [6.07, 6.45) is -25.4. The van der Waals surface area contributed by atoms with E-state index in [2.05, 4.69) is 204 Å². The maximum absolute atomic E-state index is 12.8. The predicted octanol–water partition coefficient (Wildman–Crippen LogP) is 18.2. The number of aliphatic imine (C=N–C) groups is 4. The summed E-state index contributed by atoms with van der Waals surface area (Å²) >= 11 is 0. The van der Waals surface area contributed by atoms with E-state index in [1.165, 1.54) is 111 Å². The van der Waals surface area contributed by atoms with Gasteiger partial charge in [0.25, 0.3) is 0 Å². The molecule has 8 aromatic rings. The predicted molar refractivity (Wildman–Crippen MR) is 310 cm³/mol. The largest absolute Gasteiger partial charge is 0.462 e. The van der Waals surface area contributed by atoms with Crippen LogP contribution in [0.1, 0.15) is 89.0 Å². The first-order valence-corrected chi connectivity index (χ1v) is 26.4. The van der Waals surface area contributed by atoms with Crippen molar-refractivity contribution in [3.8, 4) is 0 Å². The van der Waals surface area contributed by atoms with Gasteiger partial charge in [-0.05, 0) is 138 Å². The van der Waals surface area contributed by atoms with E-state index in [1.54, 1.807) is 4.74 Å². The summed E-state index contributed by atoms with van der Waals surface area (Å²) in [5.41, 5.74) is 27.3. The summed E-state index contributed by atoms with van der Waals surface area (Å²) in [6.45, 7) is 25.7. The third-order valence-corrected chi connectivity index (χ3v) is 14.4. The van der Waals surface area contributed by atoms with E-state index in [1.807, 2.05) is 0 Å². The molecule has 10 rings (SSSR count). The molecule has 0 saturated carbocycles. The SMILES string of the molecule is Cc1cc(C)c(N=C2C(=Nc3c(C)cc(C)cc3C)c3cccc4cccc2c34)c(C)c1.Cc1cc(C)c(N=C2C(=Nc3c(C)cc(C)cc3C)c3cccc4cccc2c34)c(C)c1.OC(O)C(F)(OC(F)(F)C(F)(F)C(F)(F)F)C(F)(F)F.[Ni]. The van der Waals surface area contributed by atoms with Gasteiger partial charge in [0.05, 0.1) is 45.6 Å². The summed E-state index contributed by atoms with van der Waals surface area (Å²) in [4.78, 5) is 21.1. The molecule has 0 fully saturated rings. The first-order valence-electron chi connectivity index (χ1n) is 26.4. The van der Waals surface area contributed by atoms with Gasteiger partial charge in [-0.2, -0.15) is 48.3 Å². The Labute approximate surface area is 494 Å². The van der Waals surface area contributed by atoms with E-state index in [0.717, 1.165) is 45.6 Å². The number of nitrogens with zero attached hydrogens (tertiary/aromatic N) is 4. The van der Waals surface area contributed by atoms with Crippen LogP contribution >= 0.6 is 0 Å². The monoisotopic (exact) mass is 1220 g/mol. The molecule has 0 amide bonds. The average Bonchev–Trinajstić information content (AvgIpc) is 1.77. The van der Waals surface area contributed by atoms with Crippen LogP contribution in [-0.4, -0.2) is 69.6 Å². The topological polar surface area (TPSA) is 99.1 Å². The molecule has 85 heavy (non-hydrogen) atoms. The minimum Gasteiger partial charge on any atom is -0.363 e. The van der Waals surface area contributed by atoms with Gasteiger partial charge in [-0.1, -0.05) is 144 Å². The van der Waals surface area contributed by atoms with Crippen LogP contribution in [0.25, 0.3) is 21.5 Å². The van der Waals surface area contributed by atoms with Gasteiger partial charge in [0.1, 0.15) is 0 Å². The van der Waals surface area contributed by atoms with Crippen LogP contribution in [0, 0.1) is 83.1 Å². The molecule has 0 radical (unpaired) electrons. The van der Waals surface area contributed by atoms with Gasteiger partial charge in [0, 0.05) is 49.5 Å². The number of rotatable bonds is 8. The van der Waals surface area contributed by atoms with Crippen LogP contribution in [-0.2, 0) is 21.2 Å². The number of aliphatic hydroxyl groups excluding tert-OH is 1. The Morgan fingerprint density at radius 1 is 0.353 bits per heavy atom. The first-order chi connectivity index (χ1) is 39.1. The summed E-state index contributed by atoms with van der Waals surface area (Å²) in [7, 11) is 0. The molecular formula is C66H59F11N4NiO3. The van der Waals surface area contributed by atoms with Crippen molar-refractivity contribution < 1.29 is 79.7 Å². The van der Waals surface area contributed by atoms with Crippen molar-refractivity contribution in [1.29, 1.82) is 0 Å². The number of aliphatic hydroxyl groups is 2. The second kappa shape index (κ2) is 24.1. The molecule has 0 aromatic heterocycles. The van der Waals surface area contributed by atoms with Gasteiger partial charge in [0.2, 0.25) is 6.29 Å². The molecule has 0 spiro atoms. The molecule has 2 aliphatic rings. The van der Waals surface area contributed by atoms with Crippen LogP contribution in [0.2, 0.25) is 0 Å². The van der Waals surface area contributed by atoms with Crippen LogP contribution < -0.4 is 0 Å². The van der Waals surface area contributed by atoms with Crippen molar-refractivity contribution in [2.75, 3.05) is 0 Å². The Morgan fingerprint density at radius 3 is 0.765 bits per heavy atom. The Balaban J connectivity index is 0.000000188. The minimum atomic E-state index is -7.22. The number of ether oxygens (including phenoxy) is 1. The standard InChI is InChI=1S/2C30H28N2.C6H3F11O3.Ni/c2*1-17-13-19(3)27(20(4)14-17)31-29-24-11-7-9-23-10-8-12-25(26(23)24)30(29)32-28-21(5)15-18(2)16-22(28)6;7-2(1(18)19,4(10,11)12)20-6(16,17)3(8,9)5(13,14)15;/h2*7-16H,1-6H3;1,18-19H;. The fourth-order valence-electron chi connectivity index (χ4n) is 10.9. The van der Waals surface area contributed by atoms with Crippen molar-refractivity contribution in [1.82, 2.24) is 0 Å². The Bertz CT molecular complexity index is 3540. The molecule has 7 nitrogen and oxygen atoms in total. The Kier molecular flexibility index (Phi) is 18.5. The molecule has 8 aromatic carbocycles. The molecule has 1 unspecified atom stereocenters. The molecule has 2 aliphatic carbocycles. The Morgan fingerprint density at radius 2 is 0.576 bits per heavy atom. The maximum atomic E-state index is 12.8. The number of hydrogen-bond donors (Lipinski definition) is 2. The molecule has 19 heteroatoms. The molecule has 2 N–H and O–H groups in total. The van der Waals surface area contributed by atoms with Gasteiger partial charge in [-0.15, -0.1) is 0 Å². The van der Waals surface area contributed by atoms with Crippen molar-refractivity contribution >= 4 is 67.1 Å². The molecule has 0 bridgehead atoms. The van der Waals surface area contributed by atoms with E-state index in [0.29, 0.717) is 0 Å². The van der Waals surface area contributed by atoms with Crippen molar-refractivity contribution in [2.45, 2.75) is 120 Å². The number of alkyl halides is 11. The fourth-order valence-corrected chi connectivity index (χ4v) is 10.9. The van der Waals surface area contributed by atoms with Gasteiger partial charge in [-0.25, -0.2) is 20.0 Å². The zero-order valence-corrected chi connectivity index (χ0v) is 49.2. The third-order valence-electron chi connectivity index (χ3n) is 14.4. The Hall–Kier alpha value is -7.44. The van der Waals surface area contributed by atoms with E-state index in [9.17, 15) is 48.3 Å². The fraction of sp³-hybridized carbons (Fsp3) is 0.273.